The van der Waals surface area contributed by atoms with Gasteiger partial charge in [0.1, 0.15) is 0 Å². The van der Waals surface area contributed by atoms with Crippen LogP contribution < -0.4 is 5.32 Å². The van der Waals surface area contributed by atoms with E-state index in [4.69, 9.17) is 0 Å². The molecule has 0 aromatic heterocycles. The lowest BCUT2D eigenvalue weighted by Gasteiger charge is -2.34. The molecule has 1 aromatic rings. The Morgan fingerprint density at radius 1 is 1.38 bits per heavy atom. The molecule has 0 spiro atoms. The highest BCUT2D eigenvalue weighted by Gasteiger charge is 2.17. The number of hydrogen-bond donors (Lipinski definition) is 1. The van der Waals surface area contributed by atoms with Crippen molar-refractivity contribution in [3.05, 3.63) is 35.4 Å². The van der Waals surface area contributed by atoms with Crippen LogP contribution >= 0.6 is 12.4 Å². The molecule has 0 unspecified atom stereocenters. The molecule has 0 aliphatic carbocycles. The highest BCUT2D eigenvalue weighted by molar-refractivity contribution is 5.85. The summed E-state index contributed by atoms with van der Waals surface area (Å²) in [6, 6.07) is 9.33. The third-order valence-electron chi connectivity index (χ3n) is 3.27. The average Bonchev–Trinajstić information content (AvgIpc) is 2.24. The number of aryl methyl sites for hydroxylation is 1. The van der Waals surface area contributed by atoms with E-state index in [2.05, 4.69) is 48.3 Å². The first kappa shape index (κ1) is 13.5. The molecule has 0 amide bonds. The van der Waals surface area contributed by atoms with Crippen molar-refractivity contribution in [3.63, 3.8) is 0 Å². The maximum Gasteiger partial charge on any atom is 0.0240 e. The van der Waals surface area contributed by atoms with Crippen molar-refractivity contribution >= 4 is 12.4 Å². The van der Waals surface area contributed by atoms with Gasteiger partial charge in [-0.1, -0.05) is 24.3 Å². The van der Waals surface area contributed by atoms with Crippen LogP contribution in [0, 0.1) is 6.92 Å². The summed E-state index contributed by atoms with van der Waals surface area (Å²) < 4.78 is 0. The number of nitrogens with one attached hydrogen (secondary N) is 1. The third-order valence-corrected chi connectivity index (χ3v) is 3.27. The highest BCUT2D eigenvalue weighted by Crippen LogP contribution is 2.13. The minimum atomic E-state index is 0. The van der Waals surface area contributed by atoms with Gasteiger partial charge in [-0.15, -0.1) is 12.4 Å². The molecule has 1 aromatic carbocycles. The highest BCUT2D eigenvalue weighted by atomic mass is 35.5. The van der Waals surface area contributed by atoms with Crippen molar-refractivity contribution in [2.75, 3.05) is 19.6 Å². The van der Waals surface area contributed by atoms with E-state index >= 15 is 0 Å². The first-order chi connectivity index (χ1) is 7.27. The quantitative estimate of drug-likeness (QED) is 0.853. The van der Waals surface area contributed by atoms with Crippen molar-refractivity contribution in [1.29, 1.82) is 0 Å². The molecule has 0 bridgehead atoms. The maximum atomic E-state index is 3.42. The Labute approximate surface area is 104 Å². The summed E-state index contributed by atoms with van der Waals surface area (Å²) in [7, 11) is 0. The lowest BCUT2D eigenvalue weighted by molar-refractivity contribution is 0.165. The zero-order chi connectivity index (χ0) is 10.7. The van der Waals surface area contributed by atoms with Crippen molar-refractivity contribution in [3.8, 4) is 0 Å². The van der Waals surface area contributed by atoms with E-state index in [1.807, 2.05) is 0 Å². The number of nitrogens with zero attached hydrogens (tertiary/aromatic N) is 1. The van der Waals surface area contributed by atoms with Gasteiger partial charge >= 0.3 is 0 Å². The van der Waals surface area contributed by atoms with Gasteiger partial charge in [-0.2, -0.15) is 0 Å². The lowest BCUT2D eigenvalue weighted by atomic mass is 10.1. The molecule has 1 heterocycles. The summed E-state index contributed by atoms with van der Waals surface area (Å²) in [5, 5.41) is 3.42. The number of halogens is 1. The zero-order valence-electron chi connectivity index (χ0n) is 10.1. The van der Waals surface area contributed by atoms with Crippen LogP contribution in [0.25, 0.3) is 0 Å². The van der Waals surface area contributed by atoms with Crippen LogP contribution in [0.15, 0.2) is 24.3 Å². The fraction of sp³-hybridized carbons (Fsp3) is 0.538. The van der Waals surface area contributed by atoms with Crippen molar-refractivity contribution in [2.24, 2.45) is 0 Å². The summed E-state index contributed by atoms with van der Waals surface area (Å²) in [4.78, 5) is 2.55. The minimum Gasteiger partial charge on any atom is -0.314 e. The molecule has 1 aliphatic rings. The molecule has 1 N–H and O–H groups in total. The van der Waals surface area contributed by atoms with Crippen LogP contribution in [0.2, 0.25) is 0 Å². The third kappa shape index (κ3) is 3.21. The number of piperazine rings is 1. The summed E-state index contributed by atoms with van der Waals surface area (Å²) in [5.41, 5.74) is 2.87. The van der Waals surface area contributed by atoms with E-state index in [1.54, 1.807) is 0 Å². The Hall–Kier alpha value is -0.570. The lowest BCUT2D eigenvalue weighted by Crippen LogP contribution is -2.49. The molecule has 1 atom stereocenters. The standard InChI is InChI=1S/C13H20N2.ClH/c1-11-5-3-4-6-13(11)10-15-8-7-14-9-12(15)2;/h3-6,12,14H,7-10H2,1-2H3;1H/t12-;/m1./s1. The molecule has 1 aliphatic heterocycles. The van der Waals surface area contributed by atoms with Gasteiger partial charge in [-0.05, 0) is 25.0 Å². The van der Waals surface area contributed by atoms with E-state index in [1.165, 1.54) is 11.1 Å². The second-order valence-electron chi connectivity index (χ2n) is 4.45. The zero-order valence-corrected chi connectivity index (χ0v) is 10.9. The van der Waals surface area contributed by atoms with E-state index in [-0.39, 0.29) is 12.4 Å². The summed E-state index contributed by atoms with van der Waals surface area (Å²) >= 11 is 0. The molecule has 3 heteroatoms. The van der Waals surface area contributed by atoms with Gasteiger partial charge in [0.05, 0.1) is 0 Å². The predicted molar refractivity (Wildman–Crippen MR) is 71.2 cm³/mol. The van der Waals surface area contributed by atoms with Gasteiger partial charge < -0.3 is 5.32 Å². The number of rotatable bonds is 2. The molecule has 90 valence electrons. The monoisotopic (exact) mass is 240 g/mol. The van der Waals surface area contributed by atoms with Gasteiger partial charge in [-0.25, -0.2) is 0 Å². The van der Waals surface area contributed by atoms with Gasteiger partial charge in [0.25, 0.3) is 0 Å². The van der Waals surface area contributed by atoms with E-state index in [9.17, 15) is 0 Å². The van der Waals surface area contributed by atoms with E-state index in [0.29, 0.717) is 6.04 Å². The van der Waals surface area contributed by atoms with Crippen LogP contribution in [0.3, 0.4) is 0 Å². The Kier molecular flexibility index (Phi) is 5.26. The largest absolute Gasteiger partial charge is 0.314 e. The fourth-order valence-electron chi connectivity index (χ4n) is 2.12. The molecule has 2 nitrogen and oxygen atoms in total. The molecule has 0 saturated carbocycles. The van der Waals surface area contributed by atoms with Gasteiger partial charge in [0.15, 0.2) is 0 Å². The Morgan fingerprint density at radius 2 is 2.12 bits per heavy atom. The van der Waals surface area contributed by atoms with Crippen molar-refractivity contribution in [1.82, 2.24) is 10.2 Å². The Bertz CT molecular complexity index is 327. The Balaban J connectivity index is 0.00000128. The SMILES string of the molecule is Cc1ccccc1CN1CCNC[C@H]1C.Cl. The Morgan fingerprint density at radius 3 is 2.81 bits per heavy atom. The minimum absolute atomic E-state index is 0. The van der Waals surface area contributed by atoms with Crippen LogP contribution in [0.4, 0.5) is 0 Å². The van der Waals surface area contributed by atoms with Gasteiger partial charge in [0.2, 0.25) is 0 Å². The first-order valence-electron chi connectivity index (χ1n) is 5.76. The first-order valence-corrected chi connectivity index (χ1v) is 5.76. The second kappa shape index (κ2) is 6.24. The topological polar surface area (TPSA) is 15.3 Å². The number of hydrogen-bond acceptors (Lipinski definition) is 2. The fourth-order valence-corrected chi connectivity index (χ4v) is 2.12. The molecule has 2 rings (SSSR count). The molecule has 16 heavy (non-hydrogen) atoms. The smallest absolute Gasteiger partial charge is 0.0240 e. The normalized spacial score (nSPS) is 21.5. The van der Waals surface area contributed by atoms with E-state index in [0.717, 1.165) is 26.2 Å². The van der Waals surface area contributed by atoms with Gasteiger partial charge in [-0.3, -0.25) is 4.90 Å². The molecule has 1 fully saturated rings. The summed E-state index contributed by atoms with van der Waals surface area (Å²) in [6.45, 7) is 8.99. The van der Waals surface area contributed by atoms with Crippen LogP contribution in [0.5, 0.6) is 0 Å². The summed E-state index contributed by atoms with van der Waals surface area (Å²) in [6.07, 6.45) is 0. The maximum absolute atomic E-state index is 3.42. The van der Waals surface area contributed by atoms with Crippen molar-refractivity contribution < 1.29 is 0 Å². The van der Waals surface area contributed by atoms with Crippen molar-refractivity contribution in [2.45, 2.75) is 26.4 Å². The molecule has 0 radical (unpaired) electrons. The van der Waals surface area contributed by atoms with Crippen LogP contribution in [0.1, 0.15) is 18.1 Å². The second-order valence-corrected chi connectivity index (χ2v) is 4.45. The molecular weight excluding hydrogens is 220 g/mol. The van der Waals surface area contributed by atoms with Crippen LogP contribution in [-0.2, 0) is 6.54 Å². The molecule has 1 saturated heterocycles. The van der Waals surface area contributed by atoms with E-state index < -0.39 is 0 Å². The summed E-state index contributed by atoms with van der Waals surface area (Å²) in [5.74, 6) is 0. The number of benzene rings is 1. The predicted octanol–water partition coefficient (Wildman–Crippen LogP) is 2.21. The van der Waals surface area contributed by atoms with Crippen LogP contribution in [-0.4, -0.2) is 30.6 Å². The average molecular weight is 241 g/mol. The molecular formula is C13H21ClN2. The van der Waals surface area contributed by atoms with Gasteiger partial charge in [0, 0.05) is 32.2 Å².